The molecule has 0 saturated carbocycles. The molecule has 0 spiro atoms. The molecule has 18 heavy (non-hydrogen) atoms. The minimum Gasteiger partial charge on any atom is -0.388 e. The Morgan fingerprint density at radius 1 is 1.50 bits per heavy atom. The summed E-state index contributed by atoms with van der Waals surface area (Å²) in [6, 6.07) is 2.13. The van der Waals surface area contributed by atoms with Crippen LogP contribution in [0.25, 0.3) is 0 Å². The van der Waals surface area contributed by atoms with Crippen LogP contribution in [0, 0.1) is 5.41 Å². The first-order valence-corrected chi connectivity index (χ1v) is 8.08. The van der Waals surface area contributed by atoms with Crippen molar-refractivity contribution in [2.45, 2.75) is 57.4 Å². The third-order valence-electron chi connectivity index (χ3n) is 4.29. The van der Waals surface area contributed by atoms with Crippen molar-refractivity contribution in [2.75, 3.05) is 5.75 Å². The molecule has 1 aliphatic carbocycles. The third kappa shape index (κ3) is 2.35. The molecule has 2 aliphatic rings. The molecule has 0 bridgehead atoms. The Kier molecular flexibility index (Phi) is 3.23. The van der Waals surface area contributed by atoms with Gasteiger partial charge in [-0.3, -0.25) is 0 Å². The van der Waals surface area contributed by atoms with E-state index in [9.17, 15) is 5.11 Å². The molecule has 1 N–H and O–H groups in total. The van der Waals surface area contributed by atoms with Crippen molar-refractivity contribution < 1.29 is 5.11 Å². The largest absolute Gasteiger partial charge is 0.388 e. The van der Waals surface area contributed by atoms with E-state index in [1.165, 1.54) is 29.9 Å². The van der Waals surface area contributed by atoms with Gasteiger partial charge in [0.15, 0.2) is 0 Å². The van der Waals surface area contributed by atoms with Gasteiger partial charge in [-0.15, -0.1) is 0 Å². The van der Waals surface area contributed by atoms with Crippen molar-refractivity contribution in [3.8, 4) is 0 Å². The van der Waals surface area contributed by atoms with Crippen LogP contribution >= 0.6 is 11.8 Å². The van der Waals surface area contributed by atoms with E-state index < -0.39 is 0 Å². The van der Waals surface area contributed by atoms with Crippen LogP contribution in [0.1, 0.15) is 50.5 Å². The lowest BCUT2D eigenvalue weighted by atomic mass is 9.75. The standard InChI is InChI=1S/C15H23NOS/c1-15(2)8-13-12(14(17)9-15)5-6-16(13)10-11-4-3-7-18-11/h5-6,11,14,17H,3-4,7-10H2,1-2H3. The summed E-state index contributed by atoms with van der Waals surface area (Å²) in [5, 5.41) is 11.0. The van der Waals surface area contributed by atoms with Crippen molar-refractivity contribution in [2.24, 2.45) is 5.41 Å². The Morgan fingerprint density at radius 3 is 3.06 bits per heavy atom. The van der Waals surface area contributed by atoms with Crippen molar-refractivity contribution in [1.29, 1.82) is 0 Å². The van der Waals surface area contributed by atoms with E-state index in [4.69, 9.17) is 0 Å². The number of fused-ring (bicyclic) bond motifs is 1. The number of nitrogens with zero attached hydrogens (tertiary/aromatic N) is 1. The minimum atomic E-state index is -0.263. The lowest BCUT2D eigenvalue weighted by Gasteiger charge is -2.34. The van der Waals surface area contributed by atoms with E-state index in [-0.39, 0.29) is 11.5 Å². The highest BCUT2D eigenvalue weighted by molar-refractivity contribution is 8.00. The van der Waals surface area contributed by atoms with Crippen LogP contribution in [0.15, 0.2) is 12.3 Å². The summed E-state index contributed by atoms with van der Waals surface area (Å²) in [6.07, 6.45) is 6.64. The molecule has 0 amide bonds. The molecule has 1 aromatic rings. The van der Waals surface area contributed by atoms with Crippen LogP contribution in [0.5, 0.6) is 0 Å². The molecule has 2 atom stereocenters. The highest BCUT2D eigenvalue weighted by Gasteiger charge is 2.33. The van der Waals surface area contributed by atoms with E-state index in [1.54, 1.807) is 0 Å². The highest BCUT2D eigenvalue weighted by Crippen LogP contribution is 2.41. The summed E-state index contributed by atoms with van der Waals surface area (Å²) < 4.78 is 2.41. The molecule has 100 valence electrons. The monoisotopic (exact) mass is 265 g/mol. The molecule has 2 heterocycles. The van der Waals surface area contributed by atoms with E-state index in [1.807, 2.05) is 0 Å². The number of hydrogen-bond acceptors (Lipinski definition) is 2. The Labute approximate surface area is 114 Å². The maximum atomic E-state index is 10.3. The van der Waals surface area contributed by atoms with E-state index in [0.29, 0.717) is 0 Å². The number of thioether (sulfide) groups is 1. The quantitative estimate of drug-likeness (QED) is 0.886. The van der Waals surface area contributed by atoms with Crippen LogP contribution in [0.2, 0.25) is 0 Å². The van der Waals surface area contributed by atoms with E-state index >= 15 is 0 Å². The van der Waals surface area contributed by atoms with Crippen molar-refractivity contribution in [3.05, 3.63) is 23.5 Å². The fourth-order valence-corrected chi connectivity index (χ4v) is 4.63. The number of aromatic nitrogens is 1. The van der Waals surface area contributed by atoms with E-state index in [0.717, 1.165) is 24.6 Å². The van der Waals surface area contributed by atoms with Gasteiger partial charge >= 0.3 is 0 Å². The molecule has 0 radical (unpaired) electrons. The first-order chi connectivity index (χ1) is 8.55. The molecule has 2 unspecified atom stereocenters. The second kappa shape index (κ2) is 4.61. The van der Waals surface area contributed by atoms with Crippen LogP contribution in [0.3, 0.4) is 0 Å². The fraction of sp³-hybridized carbons (Fsp3) is 0.733. The normalized spacial score (nSPS) is 30.4. The lowest BCUT2D eigenvalue weighted by Crippen LogP contribution is -2.27. The molecule has 0 aromatic carbocycles. The summed E-state index contributed by atoms with van der Waals surface area (Å²) in [6.45, 7) is 5.66. The summed E-state index contributed by atoms with van der Waals surface area (Å²) in [5.74, 6) is 1.32. The Bertz CT molecular complexity index is 432. The van der Waals surface area contributed by atoms with Gasteiger partial charge in [-0.05, 0) is 42.9 Å². The molecule has 1 aliphatic heterocycles. The van der Waals surface area contributed by atoms with Gasteiger partial charge in [0.25, 0.3) is 0 Å². The zero-order valence-electron chi connectivity index (χ0n) is 11.4. The maximum Gasteiger partial charge on any atom is 0.0812 e. The third-order valence-corrected chi connectivity index (χ3v) is 5.67. The van der Waals surface area contributed by atoms with Crippen molar-refractivity contribution >= 4 is 11.8 Å². The molecule has 1 aromatic heterocycles. The van der Waals surface area contributed by atoms with Crippen LogP contribution in [0.4, 0.5) is 0 Å². The molecule has 2 nitrogen and oxygen atoms in total. The lowest BCUT2D eigenvalue weighted by molar-refractivity contribution is 0.0979. The van der Waals surface area contributed by atoms with Gasteiger partial charge < -0.3 is 9.67 Å². The predicted molar refractivity (Wildman–Crippen MR) is 77.0 cm³/mol. The highest BCUT2D eigenvalue weighted by atomic mass is 32.2. The van der Waals surface area contributed by atoms with Crippen LogP contribution in [-0.2, 0) is 13.0 Å². The first kappa shape index (κ1) is 12.6. The maximum absolute atomic E-state index is 10.3. The number of rotatable bonds is 2. The van der Waals surface area contributed by atoms with Gasteiger partial charge in [-0.1, -0.05) is 13.8 Å². The van der Waals surface area contributed by atoms with Gasteiger partial charge in [0, 0.05) is 29.2 Å². The van der Waals surface area contributed by atoms with Gasteiger partial charge in [-0.2, -0.15) is 11.8 Å². The topological polar surface area (TPSA) is 25.2 Å². The zero-order valence-corrected chi connectivity index (χ0v) is 12.2. The molecular formula is C15H23NOS. The molecular weight excluding hydrogens is 242 g/mol. The second-order valence-electron chi connectivity index (χ2n) is 6.57. The van der Waals surface area contributed by atoms with Crippen LogP contribution in [-0.4, -0.2) is 20.7 Å². The van der Waals surface area contributed by atoms with Crippen LogP contribution < -0.4 is 0 Å². The average Bonchev–Trinajstić information content (AvgIpc) is 2.88. The Morgan fingerprint density at radius 2 is 2.33 bits per heavy atom. The summed E-state index contributed by atoms with van der Waals surface area (Å²) in [4.78, 5) is 0. The molecule has 1 saturated heterocycles. The fourth-order valence-electron chi connectivity index (χ4n) is 3.37. The smallest absolute Gasteiger partial charge is 0.0812 e. The van der Waals surface area contributed by atoms with Crippen molar-refractivity contribution in [1.82, 2.24) is 4.57 Å². The first-order valence-electron chi connectivity index (χ1n) is 7.03. The number of aliphatic hydroxyl groups is 1. The molecule has 3 heteroatoms. The summed E-state index contributed by atoms with van der Waals surface area (Å²) in [7, 11) is 0. The van der Waals surface area contributed by atoms with Crippen molar-refractivity contribution in [3.63, 3.8) is 0 Å². The van der Waals surface area contributed by atoms with Gasteiger partial charge in [0.2, 0.25) is 0 Å². The Hall–Kier alpha value is -0.410. The second-order valence-corrected chi connectivity index (χ2v) is 7.97. The van der Waals surface area contributed by atoms with Gasteiger partial charge in [0.1, 0.15) is 0 Å². The number of hydrogen-bond donors (Lipinski definition) is 1. The number of aliphatic hydroxyl groups excluding tert-OH is 1. The summed E-state index contributed by atoms with van der Waals surface area (Å²) in [5.41, 5.74) is 2.79. The minimum absolute atomic E-state index is 0.228. The predicted octanol–water partition coefficient (Wildman–Crippen LogP) is 3.39. The average molecular weight is 265 g/mol. The zero-order chi connectivity index (χ0) is 12.8. The SMILES string of the molecule is CC1(C)Cc2c(ccn2CC2CCCS2)C(O)C1. The summed E-state index contributed by atoms with van der Waals surface area (Å²) >= 11 is 2.11. The molecule has 1 fully saturated rings. The molecule has 3 rings (SSSR count). The van der Waals surface area contributed by atoms with Gasteiger partial charge in [-0.25, -0.2) is 0 Å². The van der Waals surface area contributed by atoms with Gasteiger partial charge in [0.05, 0.1) is 6.10 Å². The van der Waals surface area contributed by atoms with E-state index in [2.05, 4.69) is 42.4 Å². The Balaban J connectivity index is 1.84.